The van der Waals surface area contributed by atoms with Crippen LogP contribution in [0.25, 0.3) is 0 Å². The molecule has 2 N–H and O–H groups in total. The number of halogens is 1. The van der Waals surface area contributed by atoms with Crippen molar-refractivity contribution < 1.29 is 23.5 Å². The molecule has 8 heteroatoms. The van der Waals surface area contributed by atoms with Gasteiger partial charge in [0.1, 0.15) is 6.04 Å². The van der Waals surface area contributed by atoms with E-state index in [1.165, 1.54) is 12.3 Å². The number of benzene rings is 1. The highest BCUT2D eigenvalue weighted by atomic mass is 35.5. The molecular formula is C19H21ClN2O5. The maximum absolute atomic E-state index is 12.3. The van der Waals surface area contributed by atoms with Crippen molar-refractivity contribution in [2.24, 2.45) is 5.92 Å². The van der Waals surface area contributed by atoms with Gasteiger partial charge in [0.25, 0.3) is 11.8 Å². The van der Waals surface area contributed by atoms with Gasteiger partial charge in [-0.05, 0) is 42.7 Å². The van der Waals surface area contributed by atoms with Crippen molar-refractivity contribution in [1.29, 1.82) is 0 Å². The maximum atomic E-state index is 12.3. The topological polar surface area (TPSA) is 97.6 Å². The standard InChI is InChI=1S/C19H21ClN2O5/c1-11(2)17(22-18(24)15-5-4-8-26-15)19(25)27-10-16(23)21-13-7-6-12(3)14(20)9-13/h4-9,11,17H,10H2,1-3H3,(H,21,23)(H,22,24)/t17-/m0/s1. The molecule has 1 aromatic carbocycles. The fourth-order valence-corrected chi connectivity index (χ4v) is 2.39. The highest BCUT2D eigenvalue weighted by Crippen LogP contribution is 2.19. The first-order valence-electron chi connectivity index (χ1n) is 8.35. The third-order valence-electron chi connectivity index (χ3n) is 3.75. The Balaban J connectivity index is 1.89. The first-order valence-corrected chi connectivity index (χ1v) is 8.72. The van der Waals surface area contributed by atoms with Gasteiger partial charge in [0, 0.05) is 10.7 Å². The summed E-state index contributed by atoms with van der Waals surface area (Å²) in [7, 11) is 0. The number of furan rings is 1. The van der Waals surface area contributed by atoms with Crippen molar-refractivity contribution in [3.05, 3.63) is 52.9 Å². The summed E-state index contributed by atoms with van der Waals surface area (Å²) in [5, 5.41) is 5.66. The van der Waals surface area contributed by atoms with Crippen LogP contribution in [0.2, 0.25) is 5.02 Å². The molecule has 0 fully saturated rings. The number of anilines is 1. The maximum Gasteiger partial charge on any atom is 0.329 e. The summed E-state index contributed by atoms with van der Waals surface area (Å²) in [5.41, 5.74) is 1.38. The zero-order chi connectivity index (χ0) is 20.0. The SMILES string of the molecule is Cc1ccc(NC(=O)COC(=O)[C@@H](NC(=O)c2ccco2)C(C)C)cc1Cl. The fraction of sp³-hybridized carbons (Fsp3) is 0.316. The van der Waals surface area contributed by atoms with Crippen LogP contribution in [0.4, 0.5) is 5.69 Å². The Labute approximate surface area is 162 Å². The van der Waals surface area contributed by atoms with Crippen LogP contribution in [-0.2, 0) is 14.3 Å². The van der Waals surface area contributed by atoms with Gasteiger partial charge in [-0.3, -0.25) is 9.59 Å². The van der Waals surface area contributed by atoms with Crippen LogP contribution >= 0.6 is 11.6 Å². The minimum absolute atomic E-state index is 0.0856. The number of hydrogen-bond donors (Lipinski definition) is 2. The quantitative estimate of drug-likeness (QED) is 0.705. The first kappa shape index (κ1) is 20.5. The second-order valence-electron chi connectivity index (χ2n) is 6.29. The molecular weight excluding hydrogens is 372 g/mol. The molecule has 2 aromatic rings. The lowest BCUT2D eigenvalue weighted by molar-refractivity contribution is -0.150. The molecule has 0 bridgehead atoms. The molecule has 0 radical (unpaired) electrons. The molecule has 144 valence electrons. The number of carbonyl (C=O) groups is 3. The number of rotatable bonds is 7. The summed E-state index contributed by atoms with van der Waals surface area (Å²) in [5.74, 6) is -1.91. The number of nitrogens with one attached hydrogen (secondary N) is 2. The van der Waals surface area contributed by atoms with Crippen molar-refractivity contribution in [2.75, 3.05) is 11.9 Å². The lowest BCUT2D eigenvalue weighted by Crippen LogP contribution is -2.45. The lowest BCUT2D eigenvalue weighted by Gasteiger charge is -2.20. The van der Waals surface area contributed by atoms with E-state index in [0.29, 0.717) is 10.7 Å². The van der Waals surface area contributed by atoms with Crippen LogP contribution in [0.1, 0.15) is 30.0 Å². The number of aryl methyl sites for hydroxylation is 1. The molecule has 1 heterocycles. The number of esters is 1. The number of amides is 2. The largest absolute Gasteiger partial charge is 0.459 e. The van der Waals surface area contributed by atoms with E-state index < -0.39 is 30.4 Å². The zero-order valence-electron chi connectivity index (χ0n) is 15.2. The van der Waals surface area contributed by atoms with Crippen molar-refractivity contribution in [3.8, 4) is 0 Å². The van der Waals surface area contributed by atoms with Gasteiger partial charge in [-0.25, -0.2) is 4.79 Å². The number of ether oxygens (including phenoxy) is 1. The Hall–Kier alpha value is -2.80. The van der Waals surface area contributed by atoms with Crippen LogP contribution in [0, 0.1) is 12.8 Å². The summed E-state index contributed by atoms with van der Waals surface area (Å²) < 4.78 is 10.0. The molecule has 0 saturated carbocycles. The van der Waals surface area contributed by atoms with Crippen molar-refractivity contribution in [2.45, 2.75) is 26.8 Å². The highest BCUT2D eigenvalue weighted by molar-refractivity contribution is 6.31. The van der Waals surface area contributed by atoms with E-state index in [4.69, 9.17) is 20.8 Å². The van der Waals surface area contributed by atoms with E-state index in [-0.39, 0.29) is 11.7 Å². The van der Waals surface area contributed by atoms with Gasteiger partial charge in [-0.15, -0.1) is 0 Å². The molecule has 2 rings (SSSR count). The number of hydrogen-bond acceptors (Lipinski definition) is 5. The molecule has 0 spiro atoms. The molecule has 0 aliphatic carbocycles. The normalized spacial score (nSPS) is 11.7. The van der Waals surface area contributed by atoms with Gasteiger partial charge in [-0.1, -0.05) is 31.5 Å². The highest BCUT2D eigenvalue weighted by Gasteiger charge is 2.27. The predicted octanol–water partition coefficient (Wildman–Crippen LogP) is 3.18. The Morgan fingerprint density at radius 1 is 1.22 bits per heavy atom. The van der Waals surface area contributed by atoms with E-state index >= 15 is 0 Å². The summed E-state index contributed by atoms with van der Waals surface area (Å²) >= 11 is 6.01. The van der Waals surface area contributed by atoms with Gasteiger partial charge < -0.3 is 19.8 Å². The molecule has 0 saturated heterocycles. The van der Waals surface area contributed by atoms with Crippen molar-refractivity contribution >= 4 is 35.1 Å². The second-order valence-corrected chi connectivity index (χ2v) is 6.70. The summed E-state index contributed by atoms with van der Waals surface area (Å²) in [6.45, 7) is 4.87. The van der Waals surface area contributed by atoms with Crippen LogP contribution in [-0.4, -0.2) is 30.4 Å². The lowest BCUT2D eigenvalue weighted by atomic mass is 10.0. The minimum atomic E-state index is -0.913. The van der Waals surface area contributed by atoms with E-state index in [1.54, 1.807) is 38.1 Å². The Morgan fingerprint density at radius 3 is 2.56 bits per heavy atom. The van der Waals surface area contributed by atoms with Crippen LogP contribution < -0.4 is 10.6 Å². The van der Waals surface area contributed by atoms with Gasteiger partial charge >= 0.3 is 5.97 Å². The predicted molar refractivity (Wildman–Crippen MR) is 101 cm³/mol. The molecule has 0 aliphatic rings. The fourth-order valence-electron chi connectivity index (χ4n) is 2.21. The van der Waals surface area contributed by atoms with Crippen LogP contribution in [0.15, 0.2) is 41.0 Å². The summed E-state index contributed by atoms with van der Waals surface area (Å²) in [6.07, 6.45) is 1.36. The van der Waals surface area contributed by atoms with E-state index in [9.17, 15) is 14.4 Å². The zero-order valence-corrected chi connectivity index (χ0v) is 16.0. The Morgan fingerprint density at radius 2 is 1.96 bits per heavy atom. The van der Waals surface area contributed by atoms with Gasteiger partial charge in [0.05, 0.1) is 6.26 Å². The van der Waals surface area contributed by atoms with E-state index in [2.05, 4.69) is 10.6 Å². The third-order valence-corrected chi connectivity index (χ3v) is 4.16. The van der Waals surface area contributed by atoms with Crippen molar-refractivity contribution in [1.82, 2.24) is 5.32 Å². The van der Waals surface area contributed by atoms with Crippen LogP contribution in [0.5, 0.6) is 0 Å². The smallest absolute Gasteiger partial charge is 0.329 e. The molecule has 1 atom stereocenters. The van der Waals surface area contributed by atoms with E-state index in [0.717, 1.165) is 5.56 Å². The van der Waals surface area contributed by atoms with Gasteiger partial charge in [0.2, 0.25) is 0 Å². The molecule has 2 amide bonds. The number of carbonyl (C=O) groups excluding carboxylic acids is 3. The van der Waals surface area contributed by atoms with E-state index in [1.807, 2.05) is 6.92 Å². The van der Waals surface area contributed by atoms with Gasteiger partial charge in [-0.2, -0.15) is 0 Å². The van der Waals surface area contributed by atoms with Crippen LogP contribution in [0.3, 0.4) is 0 Å². The van der Waals surface area contributed by atoms with Crippen molar-refractivity contribution in [3.63, 3.8) is 0 Å². The summed E-state index contributed by atoms with van der Waals surface area (Å²) in [6, 6.07) is 7.21. The minimum Gasteiger partial charge on any atom is -0.459 e. The Kier molecular flexibility index (Phi) is 7.01. The molecule has 0 aliphatic heterocycles. The third kappa shape index (κ3) is 5.86. The monoisotopic (exact) mass is 392 g/mol. The van der Waals surface area contributed by atoms with Gasteiger partial charge in [0.15, 0.2) is 12.4 Å². The molecule has 27 heavy (non-hydrogen) atoms. The molecule has 7 nitrogen and oxygen atoms in total. The molecule has 1 aromatic heterocycles. The average molecular weight is 393 g/mol. The second kappa shape index (κ2) is 9.23. The average Bonchev–Trinajstić information content (AvgIpc) is 3.15. The summed E-state index contributed by atoms with van der Waals surface area (Å²) in [4.78, 5) is 36.3. The first-order chi connectivity index (χ1) is 12.8. The molecule has 0 unspecified atom stereocenters. The Bertz CT molecular complexity index is 818.